The van der Waals surface area contributed by atoms with Crippen molar-refractivity contribution in [1.29, 1.82) is 0 Å². The zero-order valence-corrected chi connectivity index (χ0v) is 14.2. The van der Waals surface area contributed by atoms with Crippen molar-refractivity contribution in [3.63, 3.8) is 0 Å². The molecule has 2 aromatic heterocycles. The van der Waals surface area contributed by atoms with E-state index in [4.69, 9.17) is 0 Å². The van der Waals surface area contributed by atoms with Crippen LogP contribution in [0.3, 0.4) is 0 Å². The van der Waals surface area contributed by atoms with Gasteiger partial charge in [0.2, 0.25) is 0 Å². The largest absolute Gasteiger partial charge is 0.341 e. The molecule has 124 valence electrons. The fourth-order valence-corrected chi connectivity index (χ4v) is 3.75. The van der Waals surface area contributed by atoms with E-state index in [-0.39, 0.29) is 0 Å². The Labute approximate surface area is 141 Å². The number of halogens is 1. The van der Waals surface area contributed by atoms with Crippen molar-refractivity contribution in [3.8, 4) is 0 Å². The van der Waals surface area contributed by atoms with Crippen LogP contribution < -0.4 is 0 Å². The van der Waals surface area contributed by atoms with Crippen molar-refractivity contribution in [2.24, 2.45) is 0 Å². The molecule has 0 aliphatic carbocycles. The lowest BCUT2D eigenvalue weighted by Crippen LogP contribution is -2.27. The third-order valence-electron chi connectivity index (χ3n) is 5.01. The molecule has 0 spiro atoms. The van der Waals surface area contributed by atoms with Crippen molar-refractivity contribution in [1.82, 2.24) is 14.5 Å². The average Bonchev–Trinajstić information content (AvgIpc) is 2.88. The number of aromatic nitrogens is 2. The zero-order valence-electron chi connectivity index (χ0n) is 14.2. The predicted molar refractivity (Wildman–Crippen MR) is 94.8 cm³/mol. The summed E-state index contributed by atoms with van der Waals surface area (Å²) in [4.78, 5) is 6.32. The van der Waals surface area contributed by atoms with Gasteiger partial charge in [-0.25, -0.2) is 4.39 Å². The molecule has 1 unspecified atom stereocenters. The minimum absolute atomic E-state index is 0.364. The minimum atomic E-state index is -1.02. The number of pyridine rings is 1. The fourth-order valence-electron chi connectivity index (χ4n) is 3.75. The van der Waals surface area contributed by atoms with E-state index in [0.29, 0.717) is 12.1 Å². The summed E-state index contributed by atoms with van der Waals surface area (Å²) in [7, 11) is 2.15. The van der Waals surface area contributed by atoms with E-state index in [1.54, 1.807) is 24.5 Å². The van der Waals surface area contributed by atoms with Crippen molar-refractivity contribution >= 4 is 10.9 Å². The molecule has 0 fully saturated rings. The smallest absolute Gasteiger partial charge is 0.143 e. The number of hydrogen-bond acceptors (Lipinski definition) is 2. The molecule has 3 aromatic rings. The summed E-state index contributed by atoms with van der Waals surface area (Å²) in [6.07, 6.45) is 3.27. The number of alkyl halides is 1. The molecule has 0 saturated carbocycles. The minimum Gasteiger partial charge on any atom is -0.341 e. The van der Waals surface area contributed by atoms with E-state index in [0.717, 1.165) is 25.0 Å². The maximum atomic E-state index is 14.9. The van der Waals surface area contributed by atoms with Crippen LogP contribution in [0.5, 0.6) is 0 Å². The van der Waals surface area contributed by atoms with E-state index in [1.165, 1.54) is 22.2 Å². The van der Waals surface area contributed by atoms with Gasteiger partial charge >= 0.3 is 0 Å². The number of rotatable bonds is 3. The molecule has 0 amide bonds. The summed E-state index contributed by atoms with van der Waals surface area (Å²) in [5, 5.41) is 1.28. The van der Waals surface area contributed by atoms with E-state index in [1.807, 2.05) is 0 Å². The highest BCUT2D eigenvalue weighted by molar-refractivity contribution is 5.86. The summed E-state index contributed by atoms with van der Waals surface area (Å²) in [5.41, 5.74) is 5.76. The van der Waals surface area contributed by atoms with Crippen molar-refractivity contribution in [2.75, 3.05) is 13.6 Å². The lowest BCUT2D eigenvalue weighted by atomic mass is 10.0. The van der Waals surface area contributed by atoms with Gasteiger partial charge in [0.1, 0.15) is 6.17 Å². The lowest BCUT2D eigenvalue weighted by molar-refractivity contribution is 0.287. The first-order valence-electron chi connectivity index (χ1n) is 8.46. The molecule has 0 N–H and O–H groups in total. The zero-order chi connectivity index (χ0) is 16.7. The quantitative estimate of drug-likeness (QED) is 0.725. The molecule has 0 radical (unpaired) electrons. The first kappa shape index (κ1) is 15.3. The maximum Gasteiger partial charge on any atom is 0.143 e. The van der Waals surface area contributed by atoms with E-state index >= 15 is 0 Å². The Bertz CT molecular complexity index is 869. The third kappa shape index (κ3) is 2.61. The SMILES string of the molecule is Cc1ccc2c(c1)c1c(n2CC(F)c2ccncc2)CCN(C)C1. The highest BCUT2D eigenvalue weighted by Crippen LogP contribution is 2.33. The molecular formula is C20H22FN3. The Morgan fingerprint density at radius 2 is 2.00 bits per heavy atom. The maximum absolute atomic E-state index is 14.9. The first-order valence-corrected chi connectivity index (χ1v) is 8.46. The van der Waals surface area contributed by atoms with E-state index in [9.17, 15) is 4.39 Å². The Morgan fingerprint density at radius 1 is 1.21 bits per heavy atom. The van der Waals surface area contributed by atoms with Crippen LogP contribution in [0.1, 0.15) is 28.6 Å². The van der Waals surface area contributed by atoms with E-state index in [2.05, 4.69) is 46.6 Å². The molecule has 1 aliphatic heterocycles. The molecule has 3 nitrogen and oxygen atoms in total. The predicted octanol–water partition coefficient (Wildman–Crippen LogP) is 4.04. The Hall–Kier alpha value is -2.20. The van der Waals surface area contributed by atoms with Crippen LogP contribution in [0.2, 0.25) is 0 Å². The van der Waals surface area contributed by atoms with Gasteiger partial charge in [0.15, 0.2) is 0 Å². The monoisotopic (exact) mass is 323 g/mol. The molecule has 0 saturated heterocycles. The third-order valence-corrected chi connectivity index (χ3v) is 5.01. The summed E-state index contributed by atoms with van der Waals surface area (Å²) < 4.78 is 17.1. The summed E-state index contributed by atoms with van der Waals surface area (Å²) in [6.45, 7) is 4.44. The molecule has 4 heteroatoms. The molecule has 0 bridgehead atoms. The summed E-state index contributed by atoms with van der Waals surface area (Å²) in [5.74, 6) is 0. The van der Waals surface area contributed by atoms with Crippen molar-refractivity contribution < 1.29 is 4.39 Å². The van der Waals surface area contributed by atoms with Crippen molar-refractivity contribution in [3.05, 3.63) is 65.1 Å². The molecule has 24 heavy (non-hydrogen) atoms. The Kier molecular flexibility index (Phi) is 3.85. The van der Waals surface area contributed by atoms with Crippen LogP contribution in [-0.4, -0.2) is 28.0 Å². The topological polar surface area (TPSA) is 21.1 Å². The highest BCUT2D eigenvalue weighted by Gasteiger charge is 2.24. The van der Waals surface area contributed by atoms with Gasteiger partial charge in [-0.3, -0.25) is 4.98 Å². The standard InChI is InChI=1S/C20H22FN3/c1-14-3-4-19-16(11-14)17-12-23(2)10-7-20(17)24(19)13-18(21)15-5-8-22-9-6-15/h3-6,8-9,11,18H,7,10,12-13H2,1-2H3. The van der Waals surface area contributed by atoms with Crippen LogP contribution >= 0.6 is 0 Å². The molecule has 1 aliphatic rings. The van der Waals surface area contributed by atoms with Gasteiger partial charge in [-0.2, -0.15) is 0 Å². The fraction of sp³-hybridized carbons (Fsp3) is 0.350. The van der Waals surface area contributed by atoms with Crippen molar-refractivity contribution in [2.45, 2.75) is 32.6 Å². The molecule has 1 atom stereocenters. The second-order valence-corrected chi connectivity index (χ2v) is 6.79. The molecule has 4 rings (SSSR count). The lowest BCUT2D eigenvalue weighted by Gasteiger charge is -2.24. The van der Waals surface area contributed by atoms with Gasteiger partial charge < -0.3 is 9.47 Å². The average molecular weight is 323 g/mol. The van der Waals surface area contributed by atoms with Gasteiger partial charge in [-0.15, -0.1) is 0 Å². The first-order chi connectivity index (χ1) is 11.6. The molecular weight excluding hydrogens is 301 g/mol. The van der Waals surface area contributed by atoms with Gasteiger partial charge in [0, 0.05) is 48.5 Å². The molecule has 1 aromatic carbocycles. The highest BCUT2D eigenvalue weighted by atomic mass is 19.1. The van der Waals surface area contributed by atoms with E-state index < -0.39 is 6.17 Å². The van der Waals surface area contributed by atoms with Crippen LogP contribution in [0.25, 0.3) is 10.9 Å². The second-order valence-electron chi connectivity index (χ2n) is 6.79. The number of likely N-dealkylation sites (N-methyl/N-ethyl adjacent to an activating group) is 1. The normalized spacial score (nSPS) is 16.3. The summed E-state index contributed by atoms with van der Waals surface area (Å²) in [6, 6.07) is 10.0. The van der Waals surface area contributed by atoms with Gasteiger partial charge in [0.25, 0.3) is 0 Å². The number of hydrogen-bond donors (Lipinski definition) is 0. The number of aryl methyl sites for hydroxylation is 1. The summed E-state index contributed by atoms with van der Waals surface area (Å²) >= 11 is 0. The van der Waals surface area contributed by atoms with Crippen LogP contribution in [0.4, 0.5) is 4.39 Å². The van der Waals surface area contributed by atoms with Gasteiger partial charge in [0.05, 0.1) is 6.54 Å². The van der Waals surface area contributed by atoms with Gasteiger partial charge in [-0.05, 0) is 49.4 Å². The van der Waals surface area contributed by atoms with Crippen LogP contribution in [-0.2, 0) is 19.5 Å². The number of nitrogens with zero attached hydrogens (tertiary/aromatic N) is 3. The molecule has 3 heterocycles. The van der Waals surface area contributed by atoms with Crippen LogP contribution in [0, 0.1) is 6.92 Å². The number of fused-ring (bicyclic) bond motifs is 3. The second kappa shape index (κ2) is 6.02. The number of benzene rings is 1. The Morgan fingerprint density at radius 3 is 2.79 bits per heavy atom. The Balaban J connectivity index is 1.80. The van der Waals surface area contributed by atoms with Crippen LogP contribution in [0.15, 0.2) is 42.7 Å². The van der Waals surface area contributed by atoms with Gasteiger partial charge in [-0.1, -0.05) is 11.6 Å².